The number of ether oxygens (including phenoxy) is 2. The fourth-order valence-electron chi connectivity index (χ4n) is 2.68. The zero-order valence-electron chi connectivity index (χ0n) is 14.7. The number of hydrogen-bond acceptors (Lipinski definition) is 4. The highest BCUT2D eigenvalue weighted by Gasteiger charge is 2.18. The van der Waals surface area contributed by atoms with E-state index in [1.54, 1.807) is 50.9 Å². The van der Waals surface area contributed by atoms with E-state index in [9.17, 15) is 4.79 Å². The molecule has 0 bridgehead atoms. The summed E-state index contributed by atoms with van der Waals surface area (Å²) < 4.78 is 10.5. The van der Waals surface area contributed by atoms with Gasteiger partial charge in [-0.2, -0.15) is 0 Å². The quantitative estimate of drug-likeness (QED) is 0.739. The van der Waals surface area contributed by atoms with Crippen molar-refractivity contribution in [2.75, 3.05) is 14.2 Å². The molecular formula is C21H20N2O3. The maximum absolute atomic E-state index is 12.8. The number of aromatic nitrogens is 1. The standard InChI is InChI=1S/C21H20N2O3/c1-25-18-10-8-15(9-11-18)21(24)23-20(17-6-4-12-22-14-17)16-5-3-7-19(13-16)26-2/h3-14,20H,1-2H3,(H,23,24). The Labute approximate surface area is 152 Å². The molecule has 0 aliphatic carbocycles. The molecule has 0 aliphatic heterocycles. The van der Waals surface area contributed by atoms with Crippen molar-refractivity contribution in [3.05, 3.63) is 89.7 Å². The summed E-state index contributed by atoms with van der Waals surface area (Å²) >= 11 is 0. The summed E-state index contributed by atoms with van der Waals surface area (Å²) in [5, 5.41) is 3.08. The Kier molecular flexibility index (Phi) is 5.49. The first-order valence-electron chi connectivity index (χ1n) is 8.20. The van der Waals surface area contributed by atoms with Gasteiger partial charge in [0.1, 0.15) is 11.5 Å². The van der Waals surface area contributed by atoms with Gasteiger partial charge < -0.3 is 14.8 Å². The molecule has 1 amide bonds. The zero-order chi connectivity index (χ0) is 18.4. The number of nitrogens with one attached hydrogen (secondary N) is 1. The Hall–Kier alpha value is -3.34. The molecule has 2 aromatic carbocycles. The normalized spacial score (nSPS) is 11.5. The van der Waals surface area contributed by atoms with Gasteiger partial charge >= 0.3 is 0 Å². The number of pyridine rings is 1. The number of carbonyl (C=O) groups excluding carboxylic acids is 1. The van der Waals surface area contributed by atoms with Gasteiger partial charge in [0.05, 0.1) is 20.3 Å². The first kappa shape index (κ1) is 17.5. The number of methoxy groups -OCH3 is 2. The van der Waals surface area contributed by atoms with Crippen LogP contribution in [0.3, 0.4) is 0 Å². The summed E-state index contributed by atoms with van der Waals surface area (Å²) in [4.78, 5) is 16.9. The monoisotopic (exact) mass is 348 g/mol. The van der Waals surface area contributed by atoms with Gasteiger partial charge in [0.15, 0.2) is 0 Å². The lowest BCUT2D eigenvalue weighted by atomic mass is 9.99. The van der Waals surface area contributed by atoms with Gasteiger partial charge in [-0.25, -0.2) is 0 Å². The summed E-state index contributed by atoms with van der Waals surface area (Å²) in [7, 11) is 3.21. The summed E-state index contributed by atoms with van der Waals surface area (Å²) in [5.41, 5.74) is 2.37. The molecule has 0 aliphatic rings. The van der Waals surface area contributed by atoms with Gasteiger partial charge in [0, 0.05) is 18.0 Å². The van der Waals surface area contributed by atoms with Crippen LogP contribution in [-0.2, 0) is 0 Å². The highest BCUT2D eigenvalue weighted by Crippen LogP contribution is 2.25. The average Bonchev–Trinajstić information content (AvgIpc) is 2.72. The zero-order valence-corrected chi connectivity index (χ0v) is 14.7. The second-order valence-corrected chi connectivity index (χ2v) is 5.70. The molecule has 1 aromatic heterocycles. The van der Waals surface area contributed by atoms with Crippen molar-refractivity contribution in [3.63, 3.8) is 0 Å². The van der Waals surface area contributed by atoms with Crippen molar-refractivity contribution in [2.24, 2.45) is 0 Å². The van der Waals surface area contributed by atoms with Crippen LogP contribution < -0.4 is 14.8 Å². The molecule has 1 unspecified atom stereocenters. The molecule has 0 fully saturated rings. The molecule has 3 aromatic rings. The molecule has 0 saturated carbocycles. The number of carbonyl (C=O) groups is 1. The largest absolute Gasteiger partial charge is 0.497 e. The lowest BCUT2D eigenvalue weighted by molar-refractivity contribution is 0.0943. The van der Waals surface area contributed by atoms with E-state index < -0.39 is 0 Å². The van der Waals surface area contributed by atoms with Crippen LogP contribution >= 0.6 is 0 Å². The molecule has 0 saturated heterocycles. The van der Waals surface area contributed by atoms with Crippen LogP contribution in [0.15, 0.2) is 73.1 Å². The van der Waals surface area contributed by atoms with Crippen molar-refractivity contribution in [1.82, 2.24) is 10.3 Å². The second kappa shape index (κ2) is 8.16. The molecule has 1 atom stereocenters. The number of benzene rings is 2. The summed E-state index contributed by atoms with van der Waals surface area (Å²) in [5.74, 6) is 1.26. The maximum atomic E-state index is 12.8. The third-order valence-electron chi connectivity index (χ3n) is 4.07. The van der Waals surface area contributed by atoms with Crippen LogP contribution in [0.5, 0.6) is 11.5 Å². The van der Waals surface area contributed by atoms with E-state index in [0.717, 1.165) is 16.9 Å². The fourth-order valence-corrected chi connectivity index (χ4v) is 2.68. The minimum Gasteiger partial charge on any atom is -0.497 e. The Morgan fingerprint density at radius 1 is 0.923 bits per heavy atom. The Morgan fingerprint density at radius 2 is 1.65 bits per heavy atom. The summed E-state index contributed by atoms with van der Waals surface area (Å²) in [6.45, 7) is 0. The third-order valence-corrected chi connectivity index (χ3v) is 4.07. The van der Waals surface area contributed by atoms with Crippen LogP contribution in [0.1, 0.15) is 27.5 Å². The van der Waals surface area contributed by atoms with Gasteiger partial charge in [-0.1, -0.05) is 18.2 Å². The molecule has 132 valence electrons. The first-order chi connectivity index (χ1) is 12.7. The van der Waals surface area contributed by atoms with Crippen molar-refractivity contribution in [3.8, 4) is 11.5 Å². The van der Waals surface area contributed by atoms with E-state index in [1.807, 2.05) is 36.4 Å². The second-order valence-electron chi connectivity index (χ2n) is 5.70. The summed E-state index contributed by atoms with van der Waals surface area (Å²) in [6, 6.07) is 18.1. The maximum Gasteiger partial charge on any atom is 0.252 e. The van der Waals surface area contributed by atoms with Crippen molar-refractivity contribution in [2.45, 2.75) is 6.04 Å². The van der Waals surface area contributed by atoms with Crippen molar-refractivity contribution >= 4 is 5.91 Å². The lowest BCUT2D eigenvalue weighted by Gasteiger charge is -2.20. The van der Waals surface area contributed by atoms with Crippen molar-refractivity contribution in [1.29, 1.82) is 0 Å². The Morgan fingerprint density at radius 3 is 2.31 bits per heavy atom. The van der Waals surface area contributed by atoms with Crippen LogP contribution in [0, 0.1) is 0 Å². The SMILES string of the molecule is COc1ccc(C(=O)NC(c2cccnc2)c2cccc(OC)c2)cc1. The Balaban J connectivity index is 1.91. The van der Waals surface area contributed by atoms with E-state index in [1.165, 1.54) is 0 Å². The fraction of sp³-hybridized carbons (Fsp3) is 0.143. The van der Waals surface area contributed by atoms with Crippen LogP contribution in [0.4, 0.5) is 0 Å². The predicted octanol–water partition coefficient (Wildman–Crippen LogP) is 3.62. The number of amides is 1. The van der Waals surface area contributed by atoms with Gasteiger partial charge in [0.2, 0.25) is 0 Å². The molecular weight excluding hydrogens is 328 g/mol. The average molecular weight is 348 g/mol. The summed E-state index contributed by atoms with van der Waals surface area (Å²) in [6.07, 6.45) is 3.45. The predicted molar refractivity (Wildman–Crippen MR) is 99.5 cm³/mol. The number of rotatable bonds is 6. The third kappa shape index (κ3) is 4.00. The van der Waals surface area contributed by atoms with Gasteiger partial charge in [-0.3, -0.25) is 9.78 Å². The smallest absolute Gasteiger partial charge is 0.252 e. The van der Waals surface area contributed by atoms with Gasteiger partial charge in [-0.15, -0.1) is 0 Å². The van der Waals surface area contributed by atoms with Crippen LogP contribution in [-0.4, -0.2) is 25.1 Å². The molecule has 1 heterocycles. The van der Waals surface area contributed by atoms with E-state index in [-0.39, 0.29) is 11.9 Å². The molecule has 0 radical (unpaired) electrons. The van der Waals surface area contributed by atoms with E-state index in [4.69, 9.17) is 9.47 Å². The van der Waals surface area contributed by atoms with Gasteiger partial charge in [-0.05, 0) is 53.6 Å². The van der Waals surface area contributed by atoms with Crippen LogP contribution in [0.2, 0.25) is 0 Å². The van der Waals surface area contributed by atoms with E-state index in [0.29, 0.717) is 11.3 Å². The van der Waals surface area contributed by atoms with Crippen molar-refractivity contribution < 1.29 is 14.3 Å². The van der Waals surface area contributed by atoms with Gasteiger partial charge in [0.25, 0.3) is 5.91 Å². The molecule has 26 heavy (non-hydrogen) atoms. The molecule has 3 rings (SSSR count). The van der Waals surface area contributed by atoms with Crippen LogP contribution in [0.25, 0.3) is 0 Å². The highest BCUT2D eigenvalue weighted by atomic mass is 16.5. The topological polar surface area (TPSA) is 60.5 Å². The first-order valence-corrected chi connectivity index (χ1v) is 8.20. The molecule has 0 spiro atoms. The number of nitrogens with zero attached hydrogens (tertiary/aromatic N) is 1. The Bertz CT molecular complexity index is 864. The molecule has 1 N–H and O–H groups in total. The highest BCUT2D eigenvalue weighted by molar-refractivity contribution is 5.94. The van der Waals surface area contributed by atoms with E-state index >= 15 is 0 Å². The lowest BCUT2D eigenvalue weighted by Crippen LogP contribution is -2.29. The molecule has 5 heteroatoms. The molecule has 5 nitrogen and oxygen atoms in total. The minimum atomic E-state index is -0.339. The minimum absolute atomic E-state index is 0.177. The van der Waals surface area contributed by atoms with E-state index in [2.05, 4.69) is 10.3 Å². The number of hydrogen-bond donors (Lipinski definition) is 1.